The van der Waals surface area contributed by atoms with Crippen LogP contribution in [0.3, 0.4) is 0 Å². The van der Waals surface area contributed by atoms with Crippen LogP contribution in [0.4, 0.5) is 0 Å². The molecule has 2 aliphatic rings. The van der Waals surface area contributed by atoms with Crippen LogP contribution in [-0.4, -0.2) is 25.6 Å². The van der Waals surface area contributed by atoms with Gasteiger partial charge in [-0.15, -0.1) is 0 Å². The number of benzene rings is 1. The minimum Gasteiger partial charge on any atom is -0.352 e. The molecular weight excluding hydrogens is 412 g/mol. The predicted octanol–water partition coefficient (Wildman–Crippen LogP) is 6.02. The summed E-state index contributed by atoms with van der Waals surface area (Å²) >= 11 is 5.93. The number of hydrogen-bond donors (Lipinski definition) is 1. The highest BCUT2D eigenvalue weighted by Crippen LogP contribution is 2.44. The zero-order valence-corrected chi connectivity index (χ0v) is 20.2. The first kappa shape index (κ1) is 21.2. The lowest BCUT2D eigenvalue weighted by molar-refractivity contribution is 0.245. The molecule has 3 aromatic rings. The van der Waals surface area contributed by atoms with Gasteiger partial charge in [0.15, 0.2) is 5.11 Å². The van der Waals surface area contributed by atoms with Gasteiger partial charge >= 0.3 is 0 Å². The van der Waals surface area contributed by atoms with Crippen molar-refractivity contribution in [3.63, 3.8) is 0 Å². The van der Waals surface area contributed by atoms with Gasteiger partial charge in [-0.3, -0.25) is 4.98 Å². The van der Waals surface area contributed by atoms with E-state index in [-0.39, 0.29) is 12.1 Å². The van der Waals surface area contributed by atoms with Crippen molar-refractivity contribution in [2.75, 3.05) is 0 Å². The monoisotopic (exact) mass is 444 g/mol. The summed E-state index contributed by atoms with van der Waals surface area (Å²) in [6.07, 6.45) is 6.87. The maximum Gasteiger partial charge on any atom is 0.170 e. The van der Waals surface area contributed by atoms with Crippen LogP contribution in [0.1, 0.15) is 71.5 Å². The smallest absolute Gasteiger partial charge is 0.170 e. The van der Waals surface area contributed by atoms with E-state index in [2.05, 4.69) is 78.9 Å². The largest absolute Gasteiger partial charge is 0.352 e. The highest BCUT2D eigenvalue weighted by molar-refractivity contribution is 7.80. The molecule has 0 spiro atoms. The first-order valence-electron chi connectivity index (χ1n) is 11.7. The van der Waals surface area contributed by atoms with Gasteiger partial charge < -0.3 is 14.8 Å². The molecule has 5 heteroatoms. The second kappa shape index (κ2) is 8.36. The van der Waals surface area contributed by atoms with Gasteiger partial charge in [-0.25, -0.2) is 0 Å². The number of aryl methyl sites for hydroxylation is 2. The van der Waals surface area contributed by atoms with Crippen molar-refractivity contribution in [1.29, 1.82) is 0 Å². The third-order valence-corrected chi connectivity index (χ3v) is 7.79. The van der Waals surface area contributed by atoms with Gasteiger partial charge in [-0.2, -0.15) is 0 Å². The number of pyridine rings is 1. The van der Waals surface area contributed by atoms with Crippen molar-refractivity contribution >= 4 is 17.3 Å². The van der Waals surface area contributed by atoms with E-state index in [9.17, 15) is 0 Å². The summed E-state index contributed by atoms with van der Waals surface area (Å²) in [5, 5.41) is 4.52. The van der Waals surface area contributed by atoms with Gasteiger partial charge in [-0.1, -0.05) is 31.0 Å². The quantitative estimate of drug-likeness (QED) is 0.499. The third-order valence-electron chi connectivity index (χ3n) is 7.46. The molecule has 0 bridgehead atoms. The lowest BCUT2D eigenvalue weighted by Crippen LogP contribution is -2.37. The fourth-order valence-electron chi connectivity index (χ4n) is 5.71. The average Bonchev–Trinajstić information content (AvgIpc) is 3.49. The Morgan fingerprint density at radius 1 is 1.00 bits per heavy atom. The number of thiocarbonyl (C=S) groups is 1. The molecule has 0 unspecified atom stereocenters. The molecule has 0 amide bonds. The van der Waals surface area contributed by atoms with Crippen LogP contribution in [0.15, 0.2) is 48.7 Å². The van der Waals surface area contributed by atoms with E-state index in [1.807, 2.05) is 12.3 Å². The topological polar surface area (TPSA) is 33.1 Å². The second-order valence-electron chi connectivity index (χ2n) is 9.35. The van der Waals surface area contributed by atoms with Crippen molar-refractivity contribution < 1.29 is 0 Å². The molecule has 32 heavy (non-hydrogen) atoms. The number of nitrogens with one attached hydrogen (secondary N) is 1. The third kappa shape index (κ3) is 3.43. The molecular formula is C27H32N4S. The fraction of sp³-hybridized carbons (Fsp3) is 0.407. The molecule has 2 atom stereocenters. The Morgan fingerprint density at radius 2 is 1.78 bits per heavy atom. The van der Waals surface area contributed by atoms with Gasteiger partial charge in [-0.05, 0) is 93.7 Å². The molecule has 2 fully saturated rings. The van der Waals surface area contributed by atoms with E-state index >= 15 is 0 Å². The first-order chi connectivity index (χ1) is 15.5. The summed E-state index contributed by atoms with van der Waals surface area (Å²) in [5.41, 5.74) is 8.86. The van der Waals surface area contributed by atoms with Crippen LogP contribution in [0, 0.1) is 27.7 Å². The number of aromatic nitrogens is 2. The highest BCUT2D eigenvalue weighted by atomic mass is 32.1. The Hall–Kier alpha value is -2.66. The number of rotatable bonds is 4. The van der Waals surface area contributed by atoms with E-state index in [4.69, 9.17) is 17.2 Å². The van der Waals surface area contributed by atoms with Crippen molar-refractivity contribution in [3.05, 3.63) is 82.4 Å². The van der Waals surface area contributed by atoms with Crippen LogP contribution in [0.2, 0.25) is 0 Å². The van der Waals surface area contributed by atoms with Crippen molar-refractivity contribution in [1.82, 2.24) is 19.8 Å². The maximum atomic E-state index is 5.93. The summed E-state index contributed by atoms with van der Waals surface area (Å²) in [6, 6.07) is 15.8. The SMILES string of the molecule is Cc1cccc(-n2c(C)cc([C@@H]3[C@@H](c4ccccn4)NC(=S)N3C3CCCC3)c2C)c1C. The van der Waals surface area contributed by atoms with Gasteiger partial charge in [0.2, 0.25) is 0 Å². The Labute approximate surface area is 196 Å². The lowest BCUT2D eigenvalue weighted by atomic mass is 9.95. The molecule has 2 aromatic heterocycles. The summed E-state index contributed by atoms with van der Waals surface area (Å²) in [6.45, 7) is 8.88. The fourth-order valence-corrected chi connectivity index (χ4v) is 6.10. The minimum atomic E-state index is 0.0526. The standard InChI is InChI=1S/C27H32N4S/c1-17-10-9-14-24(19(17)3)30-18(2)16-22(20(30)4)26-25(23-13-7-8-15-28-23)29-27(32)31(26)21-11-5-6-12-21/h7-10,13-16,21,25-26H,5-6,11-12H2,1-4H3,(H,29,32)/t25-,26-/m1/s1. The van der Waals surface area contributed by atoms with Crippen LogP contribution in [-0.2, 0) is 0 Å². The molecule has 166 valence electrons. The van der Waals surface area contributed by atoms with Crippen molar-refractivity contribution in [3.8, 4) is 5.69 Å². The first-order valence-corrected chi connectivity index (χ1v) is 12.1. The van der Waals surface area contributed by atoms with E-state index < -0.39 is 0 Å². The predicted molar refractivity (Wildman–Crippen MR) is 134 cm³/mol. The molecule has 1 aliphatic heterocycles. The molecule has 1 aliphatic carbocycles. The number of nitrogens with zero attached hydrogens (tertiary/aromatic N) is 3. The molecule has 1 saturated heterocycles. The van der Waals surface area contributed by atoms with E-state index in [0.717, 1.165) is 10.8 Å². The van der Waals surface area contributed by atoms with Crippen LogP contribution in [0.25, 0.3) is 5.69 Å². The summed E-state index contributed by atoms with van der Waals surface area (Å²) in [4.78, 5) is 7.22. The Morgan fingerprint density at radius 3 is 2.50 bits per heavy atom. The zero-order valence-electron chi connectivity index (χ0n) is 19.4. The highest BCUT2D eigenvalue weighted by Gasteiger charge is 2.44. The van der Waals surface area contributed by atoms with Crippen molar-refractivity contribution in [2.24, 2.45) is 0 Å². The van der Waals surface area contributed by atoms with Gasteiger partial charge in [0.25, 0.3) is 0 Å². The molecule has 1 saturated carbocycles. The van der Waals surface area contributed by atoms with Crippen LogP contribution >= 0.6 is 12.2 Å². The Balaban J connectivity index is 1.66. The zero-order chi connectivity index (χ0) is 22.4. The van der Waals surface area contributed by atoms with E-state index in [0.29, 0.717) is 6.04 Å². The van der Waals surface area contributed by atoms with Gasteiger partial charge in [0, 0.05) is 29.3 Å². The van der Waals surface area contributed by atoms with Crippen LogP contribution in [0.5, 0.6) is 0 Å². The van der Waals surface area contributed by atoms with E-state index in [1.165, 1.54) is 59.4 Å². The minimum absolute atomic E-state index is 0.0526. The molecule has 5 rings (SSSR count). The van der Waals surface area contributed by atoms with E-state index in [1.54, 1.807) is 0 Å². The Kier molecular flexibility index (Phi) is 5.54. The molecule has 3 heterocycles. The van der Waals surface area contributed by atoms with Crippen molar-refractivity contribution in [2.45, 2.75) is 71.5 Å². The average molecular weight is 445 g/mol. The lowest BCUT2D eigenvalue weighted by Gasteiger charge is -2.33. The summed E-state index contributed by atoms with van der Waals surface area (Å²) < 4.78 is 2.42. The summed E-state index contributed by atoms with van der Waals surface area (Å²) in [5.74, 6) is 0. The molecule has 1 aromatic carbocycles. The maximum absolute atomic E-state index is 5.93. The van der Waals surface area contributed by atoms with Gasteiger partial charge in [0.05, 0.1) is 17.8 Å². The molecule has 0 radical (unpaired) electrons. The van der Waals surface area contributed by atoms with Crippen LogP contribution < -0.4 is 5.32 Å². The van der Waals surface area contributed by atoms with Gasteiger partial charge in [0.1, 0.15) is 0 Å². The Bertz CT molecular complexity index is 1140. The molecule has 1 N–H and O–H groups in total. The molecule has 4 nitrogen and oxygen atoms in total. The normalized spacial score (nSPS) is 21.4. The second-order valence-corrected chi connectivity index (χ2v) is 9.74. The summed E-state index contributed by atoms with van der Waals surface area (Å²) in [7, 11) is 0. The number of hydrogen-bond acceptors (Lipinski definition) is 2.